The molecule has 11 heavy (non-hydrogen) atoms. The molecule has 0 aliphatic heterocycles. The fourth-order valence-electron chi connectivity index (χ4n) is 0.909. The summed E-state index contributed by atoms with van der Waals surface area (Å²) in [4.78, 5) is 14.9. The zero-order chi connectivity index (χ0) is 7.84. The molecule has 2 aromatic rings. The standard InChI is InChI=1S/C6H4BrN3O/c7-5-1-3-4(2-8-5)9-10-6(3)11/h1-2H,(H2,9,10,11). The van der Waals surface area contributed by atoms with E-state index in [0.29, 0.717) is 9.99 Å². The van der Waals surface area contributed by atoms with Crippen LogP contribution in [0.3, 0.4) is 0 Å². The lowest BCUT2D eigenvalue weighted by Crippen LogP contribution is -1.97. The SMILES string of the molecule is O=c1[nH][nH]c2cnc(Br)cc12. The third-order valence-corrected chi connectivity index (χ3v) is 1.86. The number of nitrogens with one attached hydrogen (secondary N) is 2. The molecule has 0 saturated carbocycles. The Kier molecular flexibility index (Phi) is 1.32. The molecule has 0 aliphatic carbocycles. The van der Waals surface area contributed by atoms with E-state index in [2.05, 4.69) is 31.1 Å². The summed E-state index contributed by atoms with van der Waals surface area (Å²) < 4.78 is 0.662. The molecular formula is C6H4BrN3O. The number of pyridine rings is 1. The Balaban J connectivity index is 2.99. The summed E-state index contributed by atoms with van der Waals surface area (Å²) >= 11 is 3.17. The van der Waals surface area contributed by atoms with Crippen LogP contribution in [0.5, 0.6) is 0 Å². The van der Waals surface area contributed by atoms with Gasteiger partial charge in [-0.1, -0.05) is 0 Å². The molecule has 0 amide bonds. The van der Waals surface area contributed by atoms with Gasteiger partial charge in [-0.05, 0) is 22.0 Å². The zero-order valence-corrected chi connectivity index (χ0v) is 6.97. The van der Waals surface area contributed by atoms with Crippen molar-refractivity contribution in [1.82, 2.24) is 15.2 Å². The van der Waals surface area contributed by atoms with Crippen molar-refractivity contribution in [3.8, 4) is 0 Å². The highest BCUT2D eigenvalue weighted by Crippen LogP contribution is 2.10. The molecule has 2 rings (SSSR count). The third kappa shape index (κ3) is 0.970. The van der Waals surface area contributed by atoms with E-state index >= 15 is 0 Å². The highest BCUT2D eigenvalue weighted by molar-refractivity contribution is 9.10. The van der Waals surface area contributed by atoms with Crippen molar-refractivity contribution in [2.75, 3.05) is 0 Å². The molecule has 0 fully saturated rings. The first kappa shape index (κ1) is 6.60. The Labute approximate surface area is 69.8 Å². The van der Waals surface area contributed by atoms with Gasteiger partial charge in [-0.15, -0.1) is 0 Å². The van der Waals surface area contributed by atoms with Gasteiger partial charge >= 0.3 is 0 Å². The minimum Gasteiger partial charge on any atom is -0.296 e. The number of aromatic nitrogens is 3. The second-order valence-corrected chi connectivity index (χ2v) is 2.94. The second-order valence-electron chi connectivity index (χ2n) is 2.13. The number of hydrogen-bond donors (Lipinski definition) is 2. The van der Waals surface area contributed by atoms with Crippen LogP contribution in [0.1, 0.15) is 0 Å². The molecular weight excluding hydrogens is 210 g/mol. The van der Waals surface area contributed by atoms with Crippen LogP contribution in [0.25, 0.3) is 10.9 Å². The Morgan fingerprint density at radius 3 is 3.09 bits per heavy atom. The molecule has 0 aliphatic rings. The van der Waals surface area contributed by atoms with E-state index in [0.717, 1.165) is 5.52 Å². The van der Waals surface area contributed by atoms with Crippen LogP contribution in [-0.4, -0.2) is 15.2 Å². The fourth-order valence-corrected chi connectivity index (χ4v) is 1.24. The minimum absolute atomic E-state index is 0.122. The van der Waals surface area contributed by atoms with E-state index in [-0.39, 0.29) is 5.56 Å². The number of halogens is 1. The summed E-state index contributed by atoms with van der Waals surface area (Å²) in [6.45, 7) is 0. The van der Waals surface area contributed by atoms with Crippen LogP contribution >= 0.6 is 15.9 Å². The summed E-state index contributed by atoms with van der Waals surface area (Å²) in [5, 5.41) is 5.77. The van der Waals surface area contributed by atoms with Gasteiger partial charge < -0.3 is 0 Å². The van der Waals surface area contributed by atoms with Gasteiger partial charge in [0.2, 0.25) is 0 Å². The average Bonchev–Trinajstić information content (AvgIpc) is 2.33. The molecule has 0 saturated heterocycles. The van der Waals surface area contributed by atoms with Crippen LogP contribution in [0.15, 0.2) is 21.7 Å². The second kappa shape index (κ2) is 2.20. The van der Waals surface area contributed by atoms with Crippen molar-refractivity contribution in [2.45, 2.75) is 0 Å². The Morgan fingerprint density at radius 1 is 1.45 bits per heavy atom. The van der Waals surface area contributed by atoms with Gasteiger partial charge in [0.15, 0.2) is 0 Å². The highest BCUT2D eigenvalue weighted by Gasteiger charge is 1.99. The molecule has 0 radical (unpaired) electrons. The Bertz CT molecular complexity index is 444. The lowest BCUT2D eigenvalue weighted by atomic mass is 10.3. The molecule has 2 aromatic heterocycles. The zero-order valence-electron chi connectivity index (χ0n) is 5.39. The van der Waals surface area contributed by atoms with E-state index in [1.54, 1.807) is 12.3 Å². The number of nitrogens with zero attached hydrogens (tertiary/aromatic N) is 1. The normalized spacial score (nSPS) is 10.6. The molecule has 2 N–H and O–H groups in total. The van der Waals surface area contributed by atoms with E-state index in [4.69, 9.17) is 0 Å². The number of H-pyrrole nitrogens is 2. The maximum Gasteiger partial charge on any atom is 0.271 e. The van der Waals surface area contributed by atoms with Crippen molar-refractivity contribution in [3.63, 3.8) is 0 Å². The number of fused-ring (bicyclic) bond motifs is 1. The van der Waals surface area contributed by atoms with Crippen LogP contribution < -0.4 is 5.56 Å². The van der Waals surface area contributed by atoms with Crippen molar-refractivity contribution in [2.24, 2.45) is 0 Å². The molecule has 56 valence electrons. The van der Waals surface area contributed by atoms with Crippen molar-refractivity contribution in [1.29, 1.82) is 0 Å². The first-order valence-electron chi connectivity index (χ1n) is 2.99. The molecule has 4 nitrogen and oxygen atoms in total. The average molecular weight is 214 g/mol. The van der Waals surface area contributed by atoms with Crippen molar-refractivity contribution < 1.29 is 0 Å². The van der Waals surface area contributed by atoms with Crippen LogP contribution in [0, 0.1) is 0 Å². The van der Waals surface area contributed by atoms with E-state index < -0.39 is 0 Å². The molecule has 0 bridgehead atoms. The Hall–Kier alpha value is -1.10. The molecule has 0 spiro atoms. The number of hydrogen-bond acceptors (Lipinski definition) is 2. The van der Waals surface area contributed by atoms with Gasteiger partial charge in [-0.25, -0.2) is 4.98 Å². The van der Waals surface area contributed by atoms with Gasteiger partial charge in [-0.3, -0.25) is 15.0 Å². The topological polar surface area (TPSA) is 61.5 Å². The predicted molar refractivity (Wildman–Crippen MR) is 44.4 cm³/mol. The third-order valence-electron chi connectivity index (χ3n) is 1.43. The van der Waals surface area contributed by atoms with Crippen LogP contribution in [0.2, 0.25) is 0 Å². The molecule has 5 heteroatoms. The lowest BCUT2D eigenvalue weighted by molar-refractivity contribution is 1.08. The molecule has 2 heterocycles. The predicted octanol–water partition coefficient (Wildman–Crippen LogP) is 1.01. The largest absolute Gasteiger partial charge is 0.296 e. The van der Waals surface area contributed by atoms with Crippen LogP contribution in [-0.2, 0) is 0 Å². The first-order valence-corrected chi connectivity index (χ1v) is 3.78. The summed E-state index contributed by atoms with van der Waals surface area (Å²) in [5.74, 6) is 0. The van der Waals surface area contributed by atoms with Crippen LogP contribution in [0.4, 0.5) is 0 Å². The number of aromatic amines is 2. The fraction of sp³-hybridized carbons (Fsp3) is 0. The Morgan fingerprint density at radius 2 is 2.27 bits per heavy atom. The maximum absolute atomic E-state index is 11.0. The summed E-state index contributed by atoms with van der Waals surface area (Å²) in [6, 6.07) is 1.67. The summed E-state index contributed by atoms with van der Waals surface area (Å²) in [6.07, 6.45) is 1.59. The molecule has 0 atom stereocenters. The van der Waals surface area contributed by atoms with Gasteiger partial charge in [0.05, 0.1) is 17.1 Å². The smallest absolute Gasteiger partial charge is 0.271 e. The lowest BCUT2D eigenvalue weighted by Gasteiger charge is -1.86. The molecule has 0 unspecified atom stereocenters. The minimum atomic E-state index is -0.122. The van der Waals surface area contributed by atoms with Crippen molar-refractivity contribution in [3.05, 3.63) is 27.2 Å². The monoisotopic (exact) mass is 213 g/mol. The van der Waals surface area contributed by atoms with Gasteiger partial charge in [0.25, 0.3) is 5.56 Å². The van der Waals surface area contributed by atoms with E-state index in [9.17, 15) is 4.79 Å². The van der Waals surface area contributed by atoms with Crippen molar-refractivity contribution >= 4 is 26.8 Å². The van der Waals surface area contributed by atoms with E-state index in [1.165, 1.54) is 0 Å². The maximum atomic E-state index is 11.0. The van der Waals surface area contributed by atoms with Gasteiger partial charge in [0, 0.05) is 0 Å². The molecule has 0 aromatic carbocycles. The quantitative estimate of drug-likeness (QED) is 0.643. The summed E-state index contributed by atoms with van der Waals surface area (Å²) in [7, 11) is 0. The summed E-state index contributed by atoms with van der Waals surface area (Å²) in [5.41, 5.74) is 0.598. The van der Waals surface area contributed by atoms with Gasteiger partial charge in [-0.2, -0.15) is 0 Å². The van der Waals surface area contributed by atoms with E-state index in [1.807, 2.05) is 0 Å². The number of rotatable bonds is 0. The highest BCUT2D eigenvalue weighted by atomic mass is 79.9. The van der Waals surface area contributed by atoms with Gasteiger partial charge in [0.1, 0.15) is 4.60 Å². The first-order chi connectivity index (χ1) is 5.27.